The molecule has 5 nitrogen and oxygen atoms in total. The molecule has 0 saturated heterocycles. The molecule has 0 bridgehead atoms. The maximum Gasteiger partial charge on any atom is 0.164 e. The summed E-state index contributed by atoms with van der Waals surface area (Å²) in [5, 5.41) is 13.7. The van der Waals surface area contributed by atoms with E-state index in [1.165, 1.54) is 6.33 Å². The minimum Gasteiger partial charge on any atom is -0.485 e. The molecule has 0 saturated carbocycles. The van der Waals surface area contributed by atoms with Crippen molar-refractivity contribution in [3.05, 3.63) is 41.5 Å². The fourth-order valence-electron chi connectivity index (χ4n) is 1.72. The van der Waals surface area contributed by atoms with Crippen molar-refractivity contribution in [1.29, 1.82) is 0 Å². The van der Waals surface area contributed by atoms with Crippen molar-refractivity contribution in [3.63, 3.8) is 0 Å². The first-order chi connectivity index (χ1) is 8.58. The minimum absolute atomic E-state index is 0.333. The molecule has 18 heavy (non-hydrogen) atoms. The number of nitrogens with zero attached hydrogens (tertiary/aromatic N) is 3. The molecule has 0 fully saturated rings. The fourth-order valence-corrected chi connectivity index (χ4v) is 1.72. The van der Waals surface area contributed by atoms with E-state index in [2.05, 4.69) is 10.1 Å². The molecule has 0 radical (unpaired) electrons. The molecule has 2 rings (SSSR count). The van der Waals surface area contributed by atoms with E-state index in [0.717, 1.165) is 17.0 Å². The molecule has 0 aliphatic carbocycles. The number of aromatic nitrogens is 3. The van der Waals surface area contributed by atoms with Gasteiger partial charge in [-0.15, -0.1) is 0 Å². The molecule has 1 aromatic carbocycles. The quantitative estimate of drug-likeness (QED) is 0.894. The van der Waals surface area contributed by atoms with Crippen molar-refractivity contribution in [2.45, 2.75) is 26.6 Å². The van der Waals surface area contributed by atoms with Gasteiger partial charge in [0.1, 0.15) is 18.7 Å². The van der Waals surface area contributed by atoms with Gasteiger partial charge in [0.25, 0.3) is 0 Å². The van der Waals surface area contributed by atoms with Gasteiger partial charge in [0.05, 0.1) is 6.10 Å². The molecule has 0 spiro atoms. The van der Waals surface area contributed by atoms with Crippen molar-refractivity contribution in [2.24, 2.45) is 7.05 Å². The number of hydrogen-bond acceptors (Lipinski definition) is 4. The average Bonchev–Trinajstić information content (AvgIpc) is 2.73. The average molecular weight is 247 g/mol. The highest BCUT2D eigenvalue weighted by atomic mass is 16.5. The van der Waals surface area contributed by atoms with Gasteiger partial charge in [-0.05, 0) is 26.0 Å². The molecule has 0 aliphatic heterocycles. The lowest BCUT2D eigenvalue weighted by Gasteiger charge is -2.13. The Labute approximate surface area is 106 Å². The van der Waals surface area contributed by atoms with E-state index in [1.807, 2.05) is 32.2 Å². The van der Waals surface area contributed by atoms with Crippen LogP contribution in [-0.2, 0) is 13.7 Å². The summed E-state index contributed by atoms with van der Waals surface area (Å²) >= 11 is 0. The molecule has 1 heterocycles. The summed E-state index contributed by atoms with van der Waals surface area (Å²) in [6, 6.07) is 5.75. The van der Waals surface area contributed by atoms with Crippen LogP contribution in [0.2, 0.25) is 0 Å². The van der Waals surface area contributed by atoms with Crippen molar-refractivity contribution in [2.75, 3.05) is 0 Å². The molecule has 1 aromatic heterocycles. The highest BCUT2D eigenvalue weighted by Gasteiger charge is 2.10. The predicted molar refractivity (Wildman–Crippen MR) is 67.1 cm³/mol. The zero-order chi connectivity index (χ0) is 13.1. The lowest BCUT2D eigenvalue weighted by atomic mass is 10.1. The molecule has 2 aromatic rings. The summed E-state index contributed by atoms with van der Waals surface area (Å²) in [5.74, 6) is 1.42. The molecule has 96 valence electrons. The van der Waals surface area contributed by atoms with Gasteiger partial charge in [0.15, 0.2) is 5.82 Å². The Morgan fingerprint density at radius 3 is 2.83 bits per heavy atom. The third-order valence-corrected chi connectivity index (χ3v) is 2.78. The van der Waals surface area contributed by atoms with E-state index >= 15 is 0 Å². The molecule has 0 amide bonds. The van der Waals surface area contributed by atoms with Crippen LogP contribution in [0.1, 0.15) is 30.0 Å². The second kappa shape index (κ2) is 5.18. The molecule has 1 atom stereocenters. The Morgan fingerprint density at radius 1 is 1.44 bits per heavy atom. The monoisotopic (exact) mass is 247 g/mol. The maximum absolute atomic E-state index is 9.73. The third kappa shape index (κ3) is 2.68. The summed E-state index contributed by atoms with van der Waals surface area (Å²) < 4.78 is 7.36. The van der Waals surface area contributed by atoms with Gasteiger partial charge < -0.3 is 9.84 Å². The zero-order valence-corrected chi connectivity index (χ0v) is 10.8. The Morgan fingerprint density at radius 2 is 2.22 bits per heavy atom. The first kappa shape index (κ1) is 12.6. The van der Waals surface area contributed by atoms with Gasteiger partial charge in [-0.1, -0.05) is 11.6 Å². The molecule has 1 N–H and O–H groups in total. The van der Waals surface area contributed by atoms with Gasteiger partial charge >= 0.3 is 0 Å². The first-order valence-corrected chi connectivity index (χ1v) is 5.82. The van der Waals surface area contributed by atoms with E-state index in [1.54, 1.807) is 11.6 Å². The van der Waals surface area contributed by atoms with Crippen LogP contribution in [0.15, 0.2) is 24.5 Å². The van der Waals surface area contributed by atoms with Crippen LogP contribution >= 0.6 is 0 Å². The van der Waals surface area contributed by atoms with Gasteiger partial charge in [0, 0.05) is 12.6 Å². The largest absolute Gasteiger partial charge is 0.485 e. The van der Waals surface area contributed by atoms with E-state index in [0.29, 0.717) is 12.4 Å². The van der Waals surface area contributed by atoms with Crippen LogP contribution in [0.3, 0.4) is 0 Å². The van der Waals surface area contributed by atoms with Crippen molar-refractivity contribution in [1.82, 2.24) is 14.8 Å². The van der Waals surface area contributed by atoms with Crippen LogP contribution in [0.4, 0.5) is 0 Å². The van der Waals surface area contributed by atoms with Crippen LogP contribution in [-0.4, -0.2) is 19.9 Å². The second-order valence-electron chi connectivity index (χ2n) is 4.31. The van der Waals surface area contributed by atoms with Crippen molar-refractivity contribution in [3.8, 4) is 5.75 Å². The highest BCUT2D eigenvalue weighted by molar-refractivity contribution is 5.38. The van der Waals surface area contributed by atoms with Gasteiger partial charge in [0.2, 0.25) is 0 Å². The number of benzene rings is 1. The number of aliphatic hydroxyl groups is 1. The number of aliphatic hydroxyl groups excluding tert-OH is 1. The van der Waals surface area contributed by atoms with Gasteiger partial charge in [-0.25, -0.2) is 4.98 Å². The normalized spacial score (nSPS) is 12.4. The smallest absolute Gasteiger partial charge is 0.164 e. The van der Waals surface area contributed by atoms with Crippen LogP contribution in [0.5, 0.6) is 5.75 Å². The summed E-state index contributed by atoms with van der Waals surface area (Å²) in [7, 11) is 1.82. The fraction of sp³-hybridized carbons (Fsp3) is 0.385. The lowest BCUT2D eigenvalue weighted by molar-refractivity contribution is 0.189. The summed E-state index contributed by atoms with van der Waals surface area (Å²) in [6.45, 7) is 4.04. The van der Waals surface area contributed by atoms with E-state index in [4.69, 9.17) is 4.74 Å². The highest BCUT2D eigenvalue weighted by Crippen LogP contribution is 2.26. The summed E-state index contributed by atoms with van der Waals surface area (Å²) in [4.78, 5) is 4.09. The molecule has 0 aliphatic rings. The Bertz CT molecular complexity index is 535. The standard InChI is InChI=1S/C13H17N3O2/c1-9-4-5-12(11(6-9)10(2)17)18-7-13-14-8-15-16(13)3/h4-6,8,10,17H,7H2,1-3H3. The van der Waals surface area contributed by atoms with Gasteiger partial charge in [-0.2, -0.15) is 5.10 Å². The van der Waals surface area contributed by atoms with Crippen molar-refractivity contribution < 1.29 is 9.84 Å². The predicted octanol–water partition coefficient (Wildman–Crippen LogP) is 1.76. The zero-order valence-electron chi connectivity index (χ0n) is 10.8. The second-order valence-corrected chi connectivity index (χ2v) is 4.31. The summed E-state index contributed by atoms with van der Waals surface area (Å²) in [5.41, 5.74) is 1.88. The Hall–Kier alpha value is -1.88. The van der Waals surface area contributed by atoms with Crippen LogP contribution < -0.4 is 4.74 Å². The molecule has 1 unspecified atom stereocenters. The number of hydrogen-bond donors (Lipinski definition) is 1. The van der Waals surface area contributed by atoms with Crippen LogP contribution in [0, 0.1) is 6.92 Å². The maximum atomic E-state index is 9.73. The van der Waals surface area contributed by atoms with Crippen molar-refractivity contribution >= 4 is 0 Å². The van der Waals surface area contributed by atoms with E-state index < -0.39 is 6.10 Å². The van der Waals surface area contributed by atoms with Crippen LogP contribution in [0.25, 0.3) is 0 Å². The summed E-state index contributed by atoms with van der Waals surface area (Å²) in [6.07, 6.45) is 0.933. The lowest BCUT2D eigenvalue weighted by Crippen LogP contribution is -2.06. The number of ether oxygens (including phenoxy) is 1. The Balaban J connectivity index is 2.16. The molecular weight excluding hydrogens is 230 g/mol. The van der Waals surface area contributed by atoms with E-state index in [9.17, 15) is 5.11 Å². The minimum atomic E-state index is -0.556. The molecular formula is C13H17N3O2. The number of aryl methyl sites for hydroxylation is 2. The molecule has 5 heteroatoms. The number of rotatable bonds is 4. The SMILES string of the molecule is Cc1ccc(OCc2ncnn2C)c(C(C)O)c1. The van der Waals surface area contributed by atoms with Gasteiger partial charge in [-0.3, -0.25) is 4.68 Å². The van der Waals surface area contributed by atoms with E-state index in [-0.39, 0.29) is 0 Å². The third-order valence-electron chi connectivity index (χ3n) is 2.78. The topological polar surface area (TPSA) is 60.2 Å². The Kier molecular flexibility index (Phi) is 3.62. The first-order valence-electron chi connectivity index (χ1n) is 5.82.